The molecule has 5 atom stereocenters. The summed E-state index contributed by atoms with van der Waals surface area (Å²) >= 11 is 0. The van der Waals surface area contributed by atoms with Crippen molar-refractivity contribution >= 4 is 5.78 Å². The molecule has 3 fully saturated rings. The first-order valence-corrected chi connectivity index (χ1v) is 11.5. The minimum Gasteiger partial charge on any atom is -0.290 e. The maximum Gasteiger partial charge on any atom is 0.178 e. The van der Waals surface area contributed by atoms with E-state index in [1.165, 1.54) is 44.1 Å². The molecule has 0 bridgehead atoms. The minimum atomic E-state index is 0.144. The van der Waals surface area contributed by atoms with Gasteiger partial charge in [0.15, 0.2) is 5.78 Å². The fraction of sp³-hybridized carbons (Fsp3) is 0.731. The third-order valence-corrected chi connectivity index (χ3v) is 8.69. The van der Waals surface area contributed by atoms with Crippen LogP contribution in [-0.4, -0.2) is 5.78 Å². The summed E-state index contributed by atoms with van der Waals surface area (Å²) in [5, 5.41) is 0. The van der Waals surface area contributed by atoms with E-state index in [1.54, 1.807) is 5.57 Å². The standard InChI is InChI=1S/C22H28O.2C2H6/c1-14-4-5-17-16-13-22(10-11-22)19-12-15(23)6-8-21(19,3)18(16)7-9-20(14,17)2;2*1-2/h4,6,8,12,16-18H,5,7,9-11,13H2,1-3H3;2*1-2H3. The number of carbonyl (C=O) groups is 1. The molecule has 0 heterocycles. The average Bonchev–Trinajstić information content (AvgIpc) is 3.38. The van der Waals surface area contributed by atoms with E-state index in [4.69, 9.17) is 0 Å². The van der Waals surface area contributed by atoms with Crippen LogP contribution in [0.3, 0.4) is 0 Å². The van der Waals surface area contributed by atoms with Crippen molar-refractivity contribution in [2.45, 2.75) is 87.0 Å². The Morgan fingerprint density at radius 1 is 1.00 bits per heavy atom. The molecule has 1 heteroatoms. The van der Waals surface area contributed by atoms with E-state index in [0.717, 1.165) is 17.8 Å². The van der Waals surface area contributed by atoms with Crippen LogP contribution >= 0.6 is 0 Å². The molecule has 0 radical (unpaired) electrons. The normalized spacial score (nSPS) is 42.3. The first-order valence-electron chi connectivity index (χ1n) is 11.5. The summed E-state index contributed by atoms with van der Waals surface area (Å²) in [7, 11) is 0. The van der Waals surface area contributed by atoms with Crippen LogP contribution in [0.4, 0.5) is 0 Å². The molecule has 0 aromatic rings. The molecular weight excluding hydrogens is 328 g/mol. The lowest BCUT2D eigenvalue weighted by Gasteiger charge is -2.59. The molecule has 27 heavy (non-hydrogen) atoms. The van der Waals surface area contributed by atoms with E-state index in [-0.39, 0.29) is 11.2 Å². The number of hydrogen-bond donors (Lipinski definition) is 0. The number of hydrogen-bond acceptors (Lipinski definition) is 1. The van der Waals surface area contributed by atoms with Gasteiger partial charge in [-0.3, -0.25) is 4.79 Å². The number of allylic oxidation sites excluding steroid dienone is 6. The summed E-state index contributed by atoms with van der Waals surface area (Å²) < 4.78 is 0. The zero-order valence-corrected chi connectivity index (χ0v) is 18.7. The molecule has 5 aliphatic carbocycles. The summed E-state index contributed by atoms with van der Waals surface area (Å²) in [4.78, 5) is 12.0. The Bertz CT molecular complexity index is 689. The average molecular weight is 369 g/mol. The number of ketones is 1. The van der Waals surface area contributed by atoms with Crippen molar-refractivity contribution in [1.82, 2.24) is 0 Å². The lowest BCUT2D eigenvalue weighted by Crippen LogP contribution is -2.51. The highest BCUT2D eigenvalue weighted by Gasteiger charge is 2.64. The largest absolute Gasteiger partial charge is 0.290 e. The second-order valence-corrected chi connectivity index (χ2v) is 9.52. The molecule has 5 rings (SSSR count). The maximum absolute atomic E-state index is 12.0. The molecule has 1 spiro atoms. The first-order chi connectivity index (χ1) is 12.9. The van der Waals surface area contributed by atoms with Gasteiger partial charge in [-0.15, -0.1) is 0 Å². The Morgan fingerprint density at radius 3 is 2.30 bits per heavy atom. The zero-order valence-electron chi connectivity index (χ0n) is 18.7. The van der Waals surface area contributed by atoms with Crippen molar-refractivity contribution in [1.29, 1.82) is 0 Å². The van der Waals surface area contributed by atoms with Crippen molar-refractivity contribution in [2.24, 2.45) is 34.0 Å². The van der Waals surface area contributed by atoms with Crippen LogP contribution in [0.15, 0.2) is 35.5 Å². The maximum atomic E-state index is 12.0. The highest BCUT2D eigenvalue weighted by Crippen LogP contribution is 2.73. The highest BCUT2D eigenvalue weighted by atomic mass is 16.1. The van der Waals surface area contributed by atoms with E-state index in [9.17, 15) is 4.79 Å². The van der Waals surface area contributed by atoms with Crippen LogP contribution in [-0.2, 0) is 4.79 Å². The van der Waals surface area contributed by atoms with Crippen LogP contribution in [0.2, 0.25) is 0 Å². The van der Waals surface area contributed by atoms with Gasteiger partial charge in [0.1, 0.15) is 0 Å². The van der Waals surface area contributed by atoms with Gasteiger partial charge in [-0.2, -0.15) is 0 Å². The molecule has 0 aromatic carbocycles. The molecule has 150 valence electrons. The van der Waals surface area contributed by atoms with Crippen molar-refractivity contribution < 1.29 is 4.79 Å². The first kappa shape index (κ1) is 20.6. The minimum absolute atomic E-state index is 0.144. The molecule has 0 N–H and O–H groups in total. The van der Waals surface area contributed by atoms with Crippen molar-refractivity contribution in [2.75, 3.05) is 0 Å². The summed E-state index contributed by atoms with van der Waals surface area (Å²) in [6, 6.07) is 0. The molecule has 5 aliphatic rings. The van der Waals surface area contributed by atoms with E-state index in [2.05, 4.69) is 32.9 Å². The number of fused-ring (bicyclic) bond motifs is 6. The SMILES string of the molecule is CC.CC.CC1=CCC2C3CC4(CC4)C4=CC(=O)C=CC4(C)C3CCC12C. The summed E-state index contributed by atoms with van der Waals surface area (Å²) in [5.41, 5.74) is 4.12. The van der Waals surface area contributed by atoms with Crippen LogP contribution < -0.4 is 0 Å². The Balaban J connectivity index is 0.000000495. The lowest BCUT2D eigenvalue weighted by atomic mass is 9.45. The third-order valence-electron chi connectivity index (χ3n) is 8.69. The fourth-order valence-corrected chi connectivity index (χ4v) is 7.02. The van der Waals surface area contributed by atoms with E-state index < -0.39 is 0 Å². The third kappa shape index (κ3) is 2.83. The summed E-state index contributed by atoms with van der Waals surface area (Å²) in [6.07, 6.45) is 16.6. The Morgan fingerprint density at radius 2 is 1.67 bits per heavy atom. The molecule has 1 nitrogen and oxygen atoms in total. The Kier molecular flexibility index (Phi) is 5.38. The molecule has 0 saturated heterocycles. The Labute approximate surface area is 167 Å². The van der Waals surface area contributed by atoms with Crippen LogP contribution in [0.25, 0.3) is 0 Å². The zero-order chi connectivity index (χ0) is 20.0. The highest BCUT2D eigenvalue weighted by molar-refractivity contribution is 6.01. The van der Waals surface area contributed by atoms with Crippen molar-refractivity contribution in [3.63, 3.8) is 0 Å². The number of rotatable bonds is 0. The van der Waals surface area contributed by atoms with Crippen molar-refractivity contribution in [3.05, 3.63) is 35.5 Å². The smallest absolute Gasteiger partial charge is 0.178 e. The van der Waals surface area contributed by atoms with Gasteiger partial charge in [0.25, 0.3) is 0 Å². The predicted octanol–water partition coefficient (Wildman–Crippen LogP) is 7.29. The molecule has 3 saturated carbocycles. The Hall–Kier alpha value is -1.11. The monoisotopic (exact) mass is 368 g/mol. The van der Waals surface area contributed by atoms with Crippen LogP contribution in [0.1, 0.15) is 87.0 Å². The molecule has 0 aromatic heterocycles. The van der Waals surface area contributed by atoms with Crippen LogP contribution in [0, 0.1) is 34.0 Å². The summed E-state index contributed by atoms with van der Waals surface area (Å²) in [5.74, 6) is 2.64. The van der Waals surface area contributed by atoms with Gasteiger partial charge in [0.2, 0.25) is 0 Å². The topological polar surface area (TPSA) is 17.1 Å². The predicted molar refractivity (Wildman–Crippen MR) is 116 cm³/mol. The van der Waals surface area contributed by atoms with Crippen LogP contribution in [0.5, 0.6) is 0 Å². The van der Waals surface area contributed by atoms with Gasteiger partial charge in [-0.05, 0) is 86.2 Å². The summed E-state index contributed by atoms with van der Waals surface area (Å²) in [6.45, 7) is 15.3. The van der Waals surface area contributed by atoms with E-state index in [0.29, 0.717) is 10.8 Å². The lowest BCUT2D eigenvalue weighted by molar-refractivity contribution is -0.111. The van der Waals surface area contributed by atoms with Crippen molar-refractivity contribution in [3.8, 4) is 0 Å². The molecular formula is C26H40O. The number of carbonyl (C=O) groups excluding carboxylic acids is 1. The van der Waals surface area contributed by atoms with Gasteiger partial charge < -0.3 is 0 Å². The molecule has 0 aliphatic heterocycles. The quantitative estimate of drug-likeness (QED) is 0.410. The fourth-order valence-electron chi connectivity index (χ4n) is 7.02. The van der Waals surface area contributed by atoms with Gasteiger partial charge >= 0.3 is 0 Å². The molecule has 0 amide bonds. The van der Waals surface area contributed by atoms with E-state index in [1.807, 2.05) is 39.8 Å². The molecule has 5 unspecified atom stereocenters. The second kappa shape index (κ2) is 7.05. The van der Waals surface area contributed by atoms with Gasteiger partial charge in [0, 0.05) is 5.41 Å². The van der Waals surface area contributed by atoms with E-state index >= 15 is 0 Å². The van der Waals surface area contributed by atoms with Gasteiger partial charge in [0.05, 0.1) is 0 Å². The second-order valence-electron chi connectivity index (χ2n) is 9.52. The van der Waals surface area contributed by atoms with Gasteiger partial charge in [-0.25, -0.2) is 0 Å². The van der Waals surface area contributed by atoms with Gasteiger partial charge in [-0.1, -0.05) is 64.8 Å².